The summed E-state index contributed by atoms with van der Waals surface area (Å²) in [5.41, 5.74) is 0.838. The molecule has 20 heavy (non-hydrogen) atoms. The molecule has 0 bridgehead atoms. The topological polar surface area (TPSA) is 79.1 Å². The number of aryl methyl sites for hydroxylation is 1. The molecule has 0 radical (unpaired) electrons. The summed E-state index contributed by atoms with van der Waals surface area (Å²) in [5, 5.41) is 20.6. The van der Waals surface area contributed by atoms with Crippen molar-refractivity contribution in [2.45, 2.75) is 6.92 Å². The van der Waals surface area contributed by atoms with Gasteiger partial charge in [-0.05, 0) is 31.2 Å². The molecule has 0 heterocycles. The Morgan fingerprint density at radius 2 is 1.75 bits per heavy atom. The molecular formula is C15H13NO4. The minimum absolute atomic E-state index is 0.211. The highest BCUT2D eigenvalue weighted by Crippen LogP contribution is 2.26. The maximum atomic E-state index is 11.0. The fraction of sp³-hybridized carbons (Fsp3) is 0.0667. The van der Waals surface area contributed by atoms with Gasteiger partial charge in [-0.15, -0.1) is 0 Å². The van der Waals surface area contributed by atoms with Crippen LogP contribution in [0.1, 0.15) is 11.1 Å². The number of oxime groups is 1. The fourth-order valence-electron chi connectivity index (χ4n) is 1.70. The van der Waals surface area contributed by atoms with Crippen molar-refractivity contribution in [3.05, 3.63) is 59.7 Å². The largest absolute Gasteiger partial charge is 0.476 e. The SMILES string of the molecule is Cc1ccc(Oc2ccccc2/C(=N\O)C(=O)O)cc1. The van der Waals surface area contributed by atoms with Crippen LogP contribution in [0.2, 0.25) is 0 Å². The van der Waals surface area contributed by atoms with Crippen LogP contribution in [0, 0.1) is 6.92 Å². The average Bonchev–Trinajstić information content (AvgIpc) is 2.43. The third-order valence-electron chi connectivity index (χ3n) is 2.69. The molecule has 0 fully saturated rings. The number of aliphatic carboxylic acids is 1. The van der Waals surface area contributed by atoms with E-state index in [-0.39, 0.29) is 5.56 Å². The Labute approximate surface area is 115 Å². The van der Waals surface area contributed by atoms with E-state index in [1.54, 1.807) is 30.3 Å². The maximum Gasteiger partial charge on any atom is 0.358 e. The third-order valence-corrected chi connectivity index (χ3v) is 2.69. The first-order valence-electron chi connectivity index (χ1n) is 5.91. The van der Waals surface area contributed by atoms with Crippen LogP contribution >= 0.6 is 0 Å². The second kappa shape index (κ2) is 5.88. The van der Waals surface area contributed by atoms with E-state index in [1.807, 2.05) is 19.1 Å². The van der Waals surface area contributed by atoms with E-state index in [9.17, 15) is 4.79 Å². The molecular weight excluding hydrogens is 258 g/mol. The number of ether oxygens (including phenoxy) is 1. The van der Waals surface area contributed by atoms with Crippen molar-refractivity contribution in [1.29, 1.82) is 0 Å². The zero-order valence-corrected chi connectivity index (χ0v) is 10.8. The van der Waals surface area contributed by atoms with Crippen LogP contribution in [0.15, 0.2) is 53.7 Å². The van der Waals surface area contributed by atoms with Crippen molar-refractivity contribution >= 4 is 11.7 Å². The van der Waals surface area contributed by atoms with Crippen LogP contribution < -0.4 is 4.74 Å². The minimum Gasteiger partial charge on any atom is -0.476 e. The number of para-hydroxylation sites is 1. The van der Waals surface area contributed by atoms with Gasteiger partial charge in [0.2, 0.25) is 0 Å². The number of benzene rings is 2. The Bertz CT molecular complexity index is 647. The van der Waals surface area contributed by atoms with E-state index in [4.69, 9.17) is 15.1 Å². The zero-order chi connectivity index (χ0) is 14.5. The normalized spacial score (nSPS) is 11.2. The molecule has 0 amide bonds. The second-order valence-electron chi connectivity index (χ2n) is 4.17. The van der Waals surface area contributed by atoms with Crippen LogP contribution in [-0.2, 0) is 4.79 Å². The van der Waals surface area contributed by atoms with E-state index in [2.05, 4.69) is 5.16 Å². The smallest absolute Gasteiger partial charge is 0.358 e. The summed E-state index contributed by atoms with van der Waals surface area (Å²) in [4.78, 5) is 11.0. The highest BCUT2D eigenvalue weighted by Gasteiger charge is 2.18. The Kier molecular flexibility index (Phi) is 4.00. The molecule has 0 aliphatic rings. The highest BCUT2D eigenvalue weighted by molar-refractivity contribution is 6.43. The molecule has 5 heteroatoms. The van der Waals surface area contributed by atoms with Crippen molar-refractivity contribution in [3.8, 4) is 11.5 Å². The van der Waals surface area contributed by atoms with Crippen molar-refractivity contribution in [1.82, 2.24) is 0 Å². The van der Waals surface area contributed by atoms with Gasteiger partial charge in [-0.2, -0.15) is 0 Å². The second-order valence-corrected chi connectivity index (χ2v) is 4.17. The molecule has 2 aromatic carbocycles. The van der Waals surface area contributed by atoms with Gasteiger partial charge < -0.3 is 15.1 Å². The van der Waals surface area contributed by atoms with Crippen LogP contribution in [0.5, 0.6) is 11.5 Å². The number of hydrogen-bond donors (Lipinski definition) is 2. The zero-order valence-electron chi connectivity index (χ0n) is 10.8. The lowest BCUT2D eigenvalue weighted by molar-refractivity contribution is -0.129. The first kappa shape index (κ1) is 13.6. The number of carboxylic acids is 1. The molecule has 0 aliphatic carbocycles. The summed E-state index contributed by atoms with van der Waals surface area (Å²) in [6.07, 6.45) is 0. The molecule has 102 valence electrons. The monoisotopic (exact) mass is 271 g/mol. The van der Waals surface area contributed by atoms with Crippen molar-refractivity contribution in [2.75, 3.05) is 0 Å². The molecule has 2 rings (SSSR count). The molecule has 0 unspecified atom stereocenters. The van der Waals surface area contributed by atoms with Gasteiger partial charge in [0.05, 0.1) is 5.56 Å². The molecule has 0 saturated carbocycles. The highest BCUT2D eigenvalue weighted by atomic mass is 16.5. The fourth-order valence-corrected chi connectivity index (χ4v) is 1.70. The van der Waals surface area contributed by atoms with Crippen LogP contribution in [0.25, 0.3) is 0 Å². The molecule has 0 spiro atoms. The number of nitrogens with zero attached hydrogens (tertiary/aromatic N) is 1. The van der Waals surface area contributed by atoms with E-state index in [0.29, 0.717) is 11.5 Å². The average molecular weight is 271 g/mol. The van der Waals surface area contributed by atoms with Crippen molar-refractivity contribution in [3.63, 3.8) is 0 Å². The minimum atomic E-state index is -1.33. The van der Waals surface area contributed by atoms with Gasteiger partial charge in [0.1, 0.15) is 11.5 Å². The number of carboxylic acid groups (broad SMARTS) is 1. The predicted octanol–water partition coefficient (Wildman–Crippen LogP) is 3.05. The Morgan fingerprint density at radius 1 is 1.10 bits per heavy atom. The molecule has 0 atom stereocenters. The van der Waals surface area contributed by atoms with Gasteiger partial charge in [0.15, 0.2) is 5.71 Å². The quantitative estimate of drug-likeness (QED) is 0.509. The number of hydrogen-bond acceptors (Lipinski definition) is 4. The van der Waals surface area contributed by atoms with E-state index >= 15 is 0 Å². The molecule has 0 saturated heterocycles. The molecule has 2 N–H and O–H groups in total. The summed E-state index contributed by atoms with van der Waals surface area (Å²) >= 11 is 0. The van der Waals surface area contributed by atoms with Crippen LogP contribution in [-0.4, -0.2) is 22.0 Å². The maximum absolute atomic E-state index is 11.0. The molecule has 5 nitrogen and oxygen atoms in total. The van der Waals surface area contributed by atoms with Gasteiger partial charge in [-0.25, -0.2) is 4.79 Å². The predicted molar refractivity (Wildman–Crippen MR) is 73.7 cm³/mol. The lowest BCUT2D eigenvalue weighted by atomic mass is 10.1. The summed E-state index contributed by atoms with van der Waals surface area (Å²) in [5.74, 6) is -0.440. The van der Waals surface area contributed by atoms with Gasteiger partial charge in [0, 0.05) is 0 Å². The summed E-state index contributed by atoms with van der Waals surface area (Å²) in [6, 6.07) is 13.8. The van der Waals surface area contributed by atoms with E-state index in [1.165, 1.54) is 6.07 Å². The Morgan fingerprint density at radius 3 is 2.35 bits per heavy atom. The Hall–Kier alpha value is -2.82. The van der Waals surface area contributed by atoms with Gasteiger partial charge in [-0.3, -0.25) is 0 Å². The number of rotatable bonds is 4. The standard InChI is InChI=1S/C15H13NO4/c1-10-6-8-11(9-7-10)20-13-5-3-2-4-12(13)14(16-19)15(17)18/h2-9,19H,1H3,(H,17,18)/b16-14+. The van der Waals surface area contributed by atoms with Crippen LogP contribution in [0.3, 0.4) is 0 Å². The summed E-state index contributed by atoms with van der Waals surface area (Å²) < 4.78 is 5.64. The summed E-state index contributed by atoms with van der Waals surface area (Å²) in [7, 11) is 0. The van der Waals surface area contributed by atoms with Gasteiger partial charge in [0.25, 0.3) is 0 Å². The lowest BCUT2D eigenvalue weighted by Gasteiger charge is -2.10. The van der Waals surface area contributed by atoms with E-state index in [0.717, 1.165) is 5.56 Å². The molecule has 0 aromatic heterocycles. The first-order chi connectivity index (χ1) is 9.61. The third kappa shape index (κ3) is 2.95. The Balaban J connectivity index is 2.37. The van der Waals surface area contributed by atoms with Crippen molar-refractivity contribution < 1.29 is 19.8 Å². The van der Waals surface area contributed by atoms with Crippen molar-refractivity contribution in [2.24, 2.45) is 5.16 Å². The number of carbonyl (C=O) groups is 1. The molecule has 0 aliphatic heterocycles. The van der Waals surface area contributed by atoms with Crippen LogP contribution in [0.4, 0.5) is 0 Å². The summed E-state index contributed by atoms with van der Waals surface area (Å²) in [6.45, 7) is 1.96. The van der Waals surface area contributed by atoms with Gasteiger partial charge >= 0.3 is 5.97 Å². The lowest BCUT2D eigenvalue weighted by Crippen LogP contribution is -2.15. The van der Waals surface area contributed by atoms with E-state index < -0.39 is 11.7 Å². The first-order valence-corrected chi connectivity index (χ1v) is 5.91. The van der Waals surface area contributed by atoms with Gasteiger partial charge in [-0.1, -0.05) is 35.0 Å². The molecule has 2 aromatic rings.